The van der Waals surface area contributed by atoms with E-state index >= 15 is 0 Å². The van der Waals surface area contributed by atoms with Crippen LogP contribution in [-0.2, 0) is 0 Å². The Hall–Kier alpha value is -1.39. The fourth-order valence-electron chi connectivity index (χ4n) is 1.75. The lowest BCUT2D eigenvalue weighted by Gasteiger charge is -2.07. The Morgan fingerprint density at radius 3 is 2.47 bits per heavy atom. The second kappa shape index (κ2) is 6.68. The molecule has 0 fully saturated rings. The number of hydrogen-bond donors (Lipinski definition) is 1. The molecule has 0 saturated carbocycles. The summed E-state index contributed by atoms with van der Waals surface area (Å²) in [6.07, 6.45) is 0. The number of rotatable bonds is 5. The highest BCUT2D eigenvalue weighted by Gasteiger charge is 2.13. The Morgan fingerprint density at radius 1 is 1.16 bits per heavy atom. The van der Waals surface area contributed by atoms with Gasteiger partial charge in [-0.25, -0.2) is 0 Å². The van der Waals surface area contributed by atoms with Crippen LogP contribution in [0.4, 0.5) is 0 Å². The lowest BCUT2D eigenvalue weighted by atomic mass is 10.0. The summed E-state index contributed by atoms with van der Waals surface area (Å²) in [5, 5.41) is 0.646. The third kappa shape index (κ3) is 3.33. The quantitative estimate of drug-likeness (QED) is 0.391. The number of carbonyl (C=O) groups excluding carboxylic acids is 1. The van der Waals surface area contributed by atoms with Gasteiger partial charge >= 0.3 is 0 Å². The standard InChI is InChI=1S/C15H14O2S2/c1-17-12-8-6-11(7-9-12)15(16)13-4-2-3-5-14(13)19-10-18/h2-9,18H,10H2,1H3. The van der Waals surface area contributed by atoms with Crippen molar-refractivity contribution in [1.29, 1.82) is 0 Å². The van der Waals surface area contributed by atoms with E-state index in [0.29, 0.717) is 16.2 Å². The van der Waals surface area contributed by atoms with Gasteiger partial charge in [0.25, 0.3) is 0 Å². The van der Waals surface area contributed by atoms with Crippen LogP contribution in [0.25, 0.3) is 0 Å². The van der Waals surface area contributed by atoms with E-state index < -0.39 is 0 Å². The van der Waals surface area contributed by atoms with Gasteiger partial charge in [0.1, 0.15) is 5.75 Å². The fourth-order valence-corrected chi connectivity index (χ4v) is 2.79. The van der Waals surface area contributed by atoms with Crippen LogP contribution >= 0.6 is 24.4 Å². The Labute approximate surface area is 122 Å². The van der Waals surface area contributed by atoms with Gasteiger partial charge in [0.2, 0.25) is 0 Å². The van der Waals surface area contributed by atoms with E-state index in [9.17, 15) is 4.79 Å². The third-order valence-corrected chi connectivity index (χ3v) is 3.89. The first-order chi connectivity index (χ1) is 9.26. The number of methoxy groups -OCH3 is 1. The highest BCUT2D eigenvalue weighted by Crippen LogP contribution is 2.26. The molecule has 2 aromatic carbocycles. The molecule has 0 unspecified atom stereocenters. The first-order valence-corrected chi connectivity index (χ1v) is 7.39. The zero-order valence-electron chi connectivity index (χ0n) is 10.5. The third-order valence-electron chi connectivity index (χ3n) is 2.70. The molecule has 0 bridgehead atoms. The van der Waals surface area contributed by atoms with Gasteiger partial charge in [-0.15, -0.1) is 11.8 Å². The molecule has 4 heteroatoms. The number of carbonyl (C=O) groups is 1. The van der Waals surface area contributed by atoms with E-state index in [1.807, 2.05) is 24.3 Å². The number of thiol groups is 1. The topological polar surface area (TPSA) is 26.3 Å². The lowest BCUT2D eigenvalue weighted by molar-refractivity contribution is 0.103. The first kappa shape index (κ1) is 14.0. The maximum Gasteiger partial charge on any atom is 0.194 e. The van der Waals surface area contributed by atoms with E-state index in [4.69, 9.17) is 4.74 Å². The van der Waals surface area contributed by atoms with Crippen molar-refractivity contribution in [2.45, 2.75) is 4.90 Å². The summed E-state index contributed by atoms with van der Waals surface area (Å²) in [5.41, 5.74) is 1.37. The molecule has 19 heavy (non-hydrogen) atoms. The highest BCUT2D eigenvalue weighted by atomic mass is 32.2. The second-order valence-electron chi connectivity index (χ2n) is 3.83. The predicted octanol–water partition coefficient (Wildman–Crippen LogP) is 3.91. The minimum atomic E-state index is 0.0209. The molecule has 0 atom stereocenters. The Morgan fingerprint density at radius 2 is 1.84 bits per heavy atom. The molecular weight excluding hydrogens is 276 g/mol. The first-order valence-electron chi connectivity index (χ1n) is 5.77. The van der Waals surface area contributed by atoms with Gasteiger partial charge < -0.3 is 4.74 Å². The molecule has 0 aliphatic heterocycles. The van der Waals surface area contributed by atoms with Crippen molar-refractivity contribution >= 4 is 30.2 Å². The van der Waals surface area contributed by atoms with Crippen molar-refractivity contribution in [3.63, 3.8) is 0 Å². The molecule has 98 valence electrons. The lowest BCUT2D eigenvalue weighted by Crippen LogP contribution is -2.03. The molecule has 2 aromatic rings. The number of hydrogen-bond acceptors (Lipinski definition) is 4. The molecule has 0 aliphatic carbocycles. The minimum Gasteiger partial charge on any atom is -0.497 e. The molecule has 0 N–H and O–H groups in total. The SMILES string of the molecule is COc1ccc(C(=O)c2ccccc2SCS)cc1. The zero-order valence-corrected chi connectivity index (χ0v) is 12.2. The van der Waals surface area contributed by atoms with Crippen LogP contribution in [0, 0.1) is 0 Å². The summed E-state index contributed by atoms with van der Waals surface area (Å²) in [4.78, 5) is 13.4. The van der Waals surface area contributed by atoms with Crippen molar-refractivity contribution in [2.75, 3.05) is 12.2 Å². The second-order valence-corrected chi connectivity index (χ2v) is 5.59. The molecule has 0 aromatic heterocycles. The smallest absolute Gasteiger partial charge is 0.194 e. The van der Waals surface area contributed by atoms with Gasteiger partial charge in [-0.2, -0.15) is 12.6 Å². The van der Waals surface area contributed by atoms with Crippen molar-refractivity contribution < 1.29 is 9.53 Å². The van der Waals surface area contributed by atoms with Gasteiger partial charge in [-0.05, 0) is 36.4 Å². The van der Waals surface area contributed by atoms with Gasteiger partial charge in [-0.1, -0.05) is 12.1 Å². The summed E-state index contributed by atoms with van der Waals surface area (Å²) in [6.45, 7) is 0. The van der Waals surface area contributed by atoms with Crippen molar-refractivity contribution in [3.8, 4) is 5.75 Å². The summed E-state index contributed by atoms with van der Waals surface area (Å²) in [6, 6.07) is 14.7. The largest absolute Gasteiger partial charge is 0.497 e. The van der Waals surface area contributed by atoms with E-state index in [-0.39, 0.29) is 5.78 Å². The van der Waals surface area contributed by atoms with Gasteiger partial charge in [-0.3, -0.25) is 4.79 Å². The molecular formula is C15H14O2S2. The zero-order chi connectivity index (χ0) is 13.7. The number of ether oxygens (including phenoxy) is 1. The van der Waals surface area contributed by atoms with E-state index in [1.165, 1.54) is 0 Å². The summed E-state index contributed by atoms with van der Waals surface area (Å²) >= 11 is 5.75. The van der Waals surface area contributed by atoms with E-state index in [0.717, 1.165) is 10.6 Å². The number of benzene rings is 2. The molecule has 0 heterocycles. The average Bonchev–Trinajstić information content (AvgIpc) is 2.47. The molecule has 2 nitrogen and oxygen atoms in total. The average molecular weight is 290 g/mol. The molecule has 2 rings (SSSR count). The number of thioether (sulfide) groups is 1. The molecule has 0 radical (unpaired) electrons. The normalized spacial score (nSPS) is 10.2. The minimum absolute atomic E-state index is 0.0209. The highest BCUT2D eigenvalue weighted by molar-refractivity contribution is 8.09. The maximum atomic E-state index is 12.5. The van der Waals surface area contributed by atoms with Crippen LogP contribution in [0.5, 0.6) is 5.75 Å². The van der Waals surface area contributed by atoms with Crippen molar-refractivity contribution in [3.05, 3.63) is 59.7 Å². The van der Waals surface area contributed by atoms with Gasteiger partial charge in [0, 0.05) is 21.1 Å². The van der Waals surface area contributed by atoms with Crippen LogP contribution < -0.4 is 4.74 Å². The number of ketones is 1. The van der Waals surface area contributed by atoms with Crippen molar-refractivity contribution in [2.24, 2.45) is 0 Å². The maximum absolute atomic E-state index is 12.5. The fraction of sp³-hybridized carbons (Fsp3) is 0.133. The monoisotopic (exact) mass is 290 g/mol. The van der Waals surface area contributed by atoms with E-state index in [1.54, 1.807) is 43.1 Å². The van der Waals surface area contributed by atoms with Crippen LogP contribution in [0.2, 0.25) is 0 Å². The molecule has 0 aliphatic rings. The predicted molar refractivity (Wildman–Crippen MR) is 82.6 cm³/mol. The summed E-state index contributed by atoms with van der Waals surface area (Å²) in [7, 11) is 1.61. The van der Waals surface area contributed by atoms with Gasteiger partial charge in [0.05, 0.1) is 7.11 Å². The summed E-state index contributed by atoms with van der Waals surface area (Å²) < 4.78 is 5.09. The van der Waals surface area contributed by atoms with Crippen LogP contribution in [0.1, 0.15) is 15.9 Å². The van der Waals surface area contributed by atoms with Crippen LogP contribution in [0.3, 0.4) is 0 Å². The van der Waals surface area contributed by atoms with Crippen LogP contribution in [0.15, 0.2) is 53.4 Å². The molecule has 0 spiro atoms. The summed E-state index contributed by atoms with van der Waals surface area (Å²) in [5.74, 6) is 0.766. The van der Waals surface area contributed by atoms with Gasteiger partial charge in [0.15, 0.2) is 5.78 Å². The molecule has 0 amide bonds. The van der Waals surface area contributed by atoms with Crippen LogP contribution in [-0.4, -0.2) is 18.0 Å². The van der Waals surface area contributed by atoms with E-state index in [2.05, 4.69) is 12.6 Å². The van der Waals surface area contributed by atoms with Crippen molar-refractivity contribution in [1.82, 2.24) is 0 Å². The Bertz CT molecular complexity index is 565. The Balaban J connectivity index is 2.32. The molecule has 0 saturated heterocycles. The Kier molecular flexibility index (Phi) is 4.93.